The van der Waals surface area contributed by atoms with Crippen molar-refractivity contribution in [1.82, 2.24) is 0 Å². The molecule has 0 amide bonds. The van der Waals surface area contributed by atoms with Gasteiger partial charge in [0.25, 0.3) is 0 Å². The minimum atomic E-state index is -0.939. The van der Waals surface area contributed by atoms with E-state index in [2.05, 4.69) is 10.8 Å². The average molecular weight is 270 g/mol. The van der Waals surface area contributed by atoms with E-state index < -0.39 is 5.97 Å². The first kappa shape index (κ1) is 13.0. The molecule has 0 spiro atoms. The second kappa shape index (κ2) is 5.94. The first-order valence-electron chi connectivity index (χ1n) is 5.45. The Balaban J connectivity index is 1.98. The predicted molar refractivity (Wildman–Crippen MR) is 74.0 cm³/mol. The molecule has 19 heavy (non-hydrogen) atoms. The van der Waals surface area contributed by atoms with Gasteiger partial charge in [0.05, 0.1) is 17.2 Å². The second-order valence-electron chi connectivity index (χ2n) is 3.72. The van der Waals surface area contributed by atoms with E-state index in [4.69, 9.17) is 10.4 Å². The molecule has 2 rings (SSSR count). The molecule has 0 saturated carbocycles. The topological polar surface area (TPSA) is 73.1 Å². The van der Waals surface area contributed by atoms with Crippen molar-refractivity contribution >= 4 is 23.6 Å². The lowest BCUT2D eigenvalue weighted by molar-refractivity contribution is 0.0697. The monoisotopic (exact) mass is 270 g/mol. The number of anilines is 1. The Labute approximate surface area is 114 Å². The van der Waals surface area contributed by atoms with Gasteiger partial charge in [-0.05, 0) is 60.5 Å². The van der Waals surface area contributed by atoms with Gasteiger partial charge in [-0.2, -0.15) is 5.26 Å². The normalized spacial score (nSPS) is 9.63. The molecule has 0 aliphatic heterocycles. The summed E-state index contributed by atoms with van der Waals surface area (Å²) in [6.07, 6.45) is 0. The zero-order valence-electron chi connectivity index (χ0n) is 9.83. The number of nitrogens with one attached hydrogen (secondary N) is 1. The highest BCUT2D eigenvalue weighted by molar-refractivity contribution is 8.00. The van der Waals surface area contributed by atoms with Gasteiger partial charge in [0.15, 0.2) is 0 Å². The summed E-state index contributed by atoms with van der Waals surface area (Å²) < 4.78 is 3.11. The van der Waals surface area contributed by atoms with E-state index in [1.54, 1.807) is 36.4 Å². The van der Waals surface area contributed by atoms with Crippen LogP contribution in [0.5, 0.6) is 0 Å². The number of hydrogen-bond donors (Lipinski definition) is 2. The molecule has 94 valence electrons. The first-order chi connectivity index (χ1) is 9.19. The maximum Gasteiger partial charge on any atom is 0.335 e. The van der Waals surface area contributed by atoms with Crippen LogP contribution in [0.3, 0.4) is 0 Å². The standard InChI is InChI=1S/C14H10N2O2S/c15-9-10-1-7-13(8-2-10)19-16-12-5-3-11(4-6-12)14(17)18/h1-8,16H,(H,17,18). The smallest absolute Gasteiger partial charge is 0.335 e. The van der Waals surface area contributed by atoms with Crippen molar-refractivity contribution in [1.29, 1.82) is 5.26 Å². The van der Waals surface area contributed by atoms with Crippen LogP contribution in [0.25, 0.3) is 0 Å². The van der Waals surface area contributed by atoms with E-state index in [-0.39, 0.29) is 5.56 Å². The van der Waals surface area contributed by atoms with Crippen LogP contribution in [0.1, 0.15) is 15.9 Å². The summed E-state index contributed by atoms with van der Waals surface area (Å²) in [5, 5.41) is 17.5. The van der Waals surface area contributed by atoms with Crippen molar-refractivity contribution in [2.75, 3.05) is 4.72 Å². The third-order valence-electron chi connectivity index (χ3n) is 2.40. The van der Waals surface area contributed by atoms with Crippen LogP contribution in [-0.4, -0.2) is 11.1 Å². The molecule has 2 aromatic rings. The van der Waals surface area contributed by atoms with Gasteiger partial charge in [0.1, 0.15) is 0 Å². The Morgan fingerprint density at radius 2 is 1.74 bits per heavy atom. The van der Waals surface area contributed by atoms with Crippen LogP contribution in [0.2, 0.25) is 0 Å². The highest BCUT2D eigenvalue weighted by Crippen LogP contribution is 2.21. The molecule has 0 aliphatic carbocycles. The van der Waals surface area contributed by atoms with Gasteiger partial charge in [0, 0.05) is 10.6 Å². The first-order valence-corrected chi connectivity index (χ1v) is 6.27. The average Bonchev–Trinajstić information content (AvgIpc) is 2.46. The summed E-state index contributed by atoms with van der Waals surface area (Å²) >= 11 is 1.40. The predicted octanol–water partition coefficient (Wildman–Crippen LogP) is 3.38. The molecule has 0 saturated heterocycles. The van der Waals surface area contributed by atoms with Crippen molar-refractivity contribution < 1.29 is 9.90 Å². The maximum atomic E-state index is 10.7. The molecule has 0 heterocycles. The minimum absolute atomic E-state index is 0.258. The number of benzene rings is 2. The van der Waals surface area contributed by atoms with E-state index in [0.717, 1.165) is 10.6 Å². The molecule has 4 nitrogen and oxygen atoms in total. The van der Waals surface area contributed by atoms with Crippen molar-refractivity contribution in [2.24, 2.45) is 0 Å². The molecule has 0 unspecified atom stereocenters. The SMILES string of the molecule is N#Cc1ccc(SNc2ccc(C(=O)O)cc2)cc1. The van der Waals surface area contributed by atoms with Gasteiger partial charge < -0.3 is 9.83 Å². The number of nitriles is 1. The van der Waals surface area contributed by atoms with Gasteiger partial charge in [-0.1, -0.05) is 0 Å². The fourth-order valence-corrected chi connectivity index (χ4v) is 2.04. The molecule has 2 aromatic carbocycles. The van der Waals surface area contributed by atoms with Gasteiger partial charge in [-0.15, -0.1) is 0 Å². The highest BCUT2D eigenvalue weighted by Gasteiger charge is 2.01. The van der Waals surface area contributed by atoms with Crippen LogP contribution >= 0.6 is 11.9 Å². The zero-order chi connectivity index (χ0) is 13.7. The summed E-state index contributed by atoms with van der Waals surface area (Å²) in [4.78, 5) is 11.7. The van der Waals surface area contributed by atoms with E-state index in [9.17, 15) is 4.79 Å². The summed E-state index contributed by atoms with van der Waals surface area (Å²) in [7, 11) is 0. The molecule has 2 N–H and O–H groups in total. The van der Waals surface area contributed by atoms with E-state index in [1.807, 2.05) is 12.1 Å². The van der Waals surface area contributed by atoms with E-state index >= 15 is 0 Å². The summed E-state index contributed by atoms with van der Waals surface area (Å²) in [5.74, 6) is -0.939. The number of carbonyl (C=O) groups is 1. The Kier molecular flexibility index (Phi) is 4.06. The molecule has 0 bridgehead atoms. The molecule has 0 radical (unpaired) electrons. The highest BCUT2D eigenvalue weighted by atomic mass is 32.2. The summed E-state index contributed by atoms with van der Waals surface area (Å²) in [6, 6.07) is 15.8. The summed E-state index contributed by atoms with van der Waals surface area (Å²) in [5.41, 5.74) is 1.70. The minimum Gasteiger partial charge on any atom is -0.478 e. The van der Waals surface area contributed by atoms with Crippen LogP contribution in [-0.2, 0) is 0 Å². The number of nitrogens with zero attached hydrogens (tertiary/aromatic N) is 1. The third kappa shape index (κ3) is 3.50. The van der Waals surface area contributed by atoms with Gasteiger partial charge >= 0.3 is 5.97 Å². The number of aromatic carboxylic acids is 1. The van der Waals surface area contributed by atoms with Gasteiger partial charge in [0.2, 0.25) is 0 Å². The van der Waals surface area contributed by atoms with Crippen molar-refractivity contribution in [3.63, 3.8) is 0 Å². The van der Waals surface area contributed by atoms with Crippen LogP contribution in [0, 0.1) is 11.3 Å². The summed E-state index contributed by atoms with van der Waals surface area (Å²) in [6.45, 7) is 0. The fraction of sp³-hybridized carbons (Fsp3) is 0. The molecular formula is C14H10N2O2S. The van der Waals surface area contributed by atoms with Crippen LogP contribution in [0.4, 0.5) is 5.69 Å². The fourth-order valence-electron chi connectivity index (χ4n) is 1.40. The Bertz CT molecular complexity index is 615. The lowest BCUT2D eigenvalue weighted by atomic mass is 10.2. The number of hydrogen-bond acceptors (Lipinski definition) is 4. The lowest BCUT2D eigenvalue weighted by Gasteiger charge is -2.05. The quantitative estimate of drug-likeness (QED) is 0.833. The molecule has 0 fully saturated rings. The molecule has 0 aliphatic rings. The lowest BCUT2D eigenvalue weighted by Crippen LogP contribution is -1.95. The Morgan fingerprint density at radius 3 is 2.26 bits per heavy atom. The van der Waals surface area contributed by atoms with Crippen molar-refractivity contribution in [3.05, 3.63) is 59.7 Å². The molecule has 0 aromatic heterocycles. The van der Waals surface area contributed by atoms with Crippen molar-refractivity contribution in [2.45, 2.75) is 4.90 Å². The molecule has 5 heteroatoms. The van der Waals surface area contributed by atoms with Crippen molar-refractivity contribution in [3.8, 4) is 6.07 Å². The van der Waals surface area contributed by atoms with Gasteiger partial charge in [-0.25, -0.2) is 4.79 Å². The van der Waals surface area contributed by atoms with Crippen LogP contribution < -0.4 is 4.72 Å². The largest absolute Gasteiger partial charge is 0.478 e. The number of rotatable bonds is 4. The molecule has 0 atom stereocenters. The molecular weight excluding hydrogens is 260 g/mol. The van der Waals surface area contributed by atoms with E-state index in [1.165, 1.54) is 11.9 Å². The Morgan fingerprint density at radius 1 is 1.11 bits per heavy atom. The number of carboxylic acids is 1. The van der Waals surface area contributed by atoms with E-state index in [0.29, 0.717) is 5.56 Å². The second-order valence-corrected chi connectivity index (χ2v) is 4.60. The van der Waals surface area contributed by atoms with Crippen LogP contribution in [0.15, 0.2) is 53.4 Å². The van der Waals surface area contributed by atoms with Gasteiger partial charge in [-0.3, -0.25) is 0 Å². The third-order valence-corrected chi connectivity index (χ3v) is 3.25. The Hall–Kier alpha value is -2.45. The number of carboxylic acid groups (broad SMARTS) is 1. The maximum absolute atomic E-state index is 10.7. The zero-order valence-corrected chi connectivity index (χ0v) is 10.6.